The summed E-state index contributed by atoms with van der Waals surface area (Å²) in [5.41, 5.74) is 16.5. The highest BCUT2D eigenvalue weighted by molar-refractivity contribution is 5.84. The number of hydrogen-bond acceptors (Lipinski definition) is 2. The molecule has 2 spiro atoms. The van der Waals surface area contributed by atoms with Gasteiger partial charge >= 0.3 is 0 Å². The minimum atomic E-state index is 0.0335. The van der Waals surface area contributed by atoms with E-state index >= 15 is 0 Å². The van der Waals surface area contributed by atoms with Crippen molar-refractivity contribution < 1.29 is 4.74 Å². The topological polar surface area (TPSA) is 12.5 Å². The molecule has 1 aliphatic heterocycles. The molecule has 6 unspecified atom stereocenters. The molecule has 0 amide bonds. The van der Waals surface area contributed by atoms with Crippen LogP contribution in [0.25, 0.3) is 11.1 Å². The molecule has 7 aliphatic rings. The van der Waals surface area contributed by atoms with Gasteiger partial charge in [-0.05, 0) is 178 Å². The lowest BCUT2D eigenvalue weighted by molar-refractivity contribution is -0.235. The van der Waals surface area contributed by atoms with Gasteiger partial charge in [-0.3, -0.25) is 0 Å². The highest BCUT2D eigenvalue weighted by atomic mass is 16.5. The van der Waals surface area contributed by atoms with E-state index in [1.165, 1.54) is 113 Å². The molecule has 296 valence electrons. The largest absolute Gasteiger partial charge is 0.457 e. The average Bonchev–Trinajstić information content (AvgIpc) is 3.74. The molecule has 0 aromatic heterocycles. The molecular formula is C56H61NO. The lowest BCUT2D eigenvalue weighted by Crippen LogP contribution is -2.74. The van der Waals surface area contributed by atoms with Crippen molar-refractivity contribution in [3.05, 3.63) is 137 Å². The Balaban J connectivity index is 1.05. The number of nitrogens with zero attached hydrogens (tertiary/aromatic N) is 1. The zero-order valence-corrected chi connectivity index (χ0v) is 36.1. The van der Waals surface area contributed by atoms with Gasteiger partial charge in [-0.2, -0.15) is 0 Å². The van der Waals surface area contributed by atoms with Crippen molar-refractivity contribution in [2.45, 2.75) is 134 Å². The molecule has 2 bridgehead atoms. The van der Waals surface area contributed by atoms with Gasteiger partial charge in [0.25, 0.3) is 0 Å². The van der Waals surface area contributed by atoms with Crippen LogP contribution in [0.2, 0.25) is 0 Å². The Hall–Kier alpha value is -4.30. The third-order valence-electron chi connectivity index (χ3n) is 18.1. The summed E-state index contributed by atoms with van der Waals surface area (Å²) < 4.78 is 6.92. The van der Waals surface area contributed by atoms with Crippen molar-refractivity contribution in [2.24, 2.45) is 29.1 Å². The Morgan fingerprint density at radius 2 is 1.12 bits per heavy atom. The van der Waals surface area contributed by atoms with Crippen molar-refractivity contribution >= 4 is 17.1 Å². The van der Waals surface area contributed by atoms with Gasteiger partial charge in [0.05, 0.1) is 5.69 Å². The summed E-state index contributed by atoms with van der Waals surface area (Å²) in [7, 11) is 0. The summed E-state index contributed by atoms with van der Waals surface area (Å²) in [4.78, 5) is 2.63. The van der Waals surface area contributed by atoms with Gasteiger partial charge in [0.15, 0.2) is 0 Å². The molecule has 4 saturated carbocycles. The molecule has 2 nitrogen and oxygen atoms in total. The number of fused-ring (bicyclic) bond motifs is 9. The predicted octanol–water partition coefficient (Wildman–Crippen LogP) is 15.0. The third kappa shape index (κ3) is 4.35. The van der Waals surface area contributed by atoms with E-state index < -0.39 is 0 Å². The average molecular weight is 764 g/mol. The molecular weight excluding hydrogens is 703 g/mol. The van der Waals surface area contributed by atoms with E-state index in [-0.39, 0.29) is 27.1 Å². The monoisotopic (exact) mass is 763 g/mol. The van der Waals surface area contributed by atoms with Crippen molar-refractivity contribution in [3.63, 3.8) is 0 Å². The van der Waals surface area contributed by atoms with E-state index in [9.17, 15) is 0 Å². The molecule has 5 aromatic rings. The Labute approximate surface area is 347 Å². The number of rotatable bonds is 4. The van der Waals surface area contributed by atoms with Crippen LogP contribution in [0.1, 0.15) is 140 Å². The number of ether oxygens (including phenoxy) is 1. The van der Waals surface area contributed by atoms with E-state index in [0.717, 1.165) is 23.3 Å². The molecule has 0 N–H and O–H groups in total. The second-order valence-electron chi connectivity index (χ2n) is 22.7. The first-order valence-electron chi connectivity index (χ1n) is 22.8. The normalized spacial score (nSPS) is 31.4. The SMILES string of the molecule is CC1(C)CCC(C)(C)c2c(-c3ccc(N(c4ccc5c(c4)C4(c6ccccc6O5)C5CC6CC7CC4C75C6)c4cccc5c4C(C)(C)CCC5(C)C)cc3)cccc21. The maximum absolute atomic E-state index is 6.92. The van der Waals surface area contributed by atoms with Crippen molar-refractivity contribution in [1.29, 1.82) is 0 Å². The van der Waals surface area contributed by atoms with Gasteiger partial charge in [0, 0.05) is 27.9 Å². The Morgan fingerprint density at radius 3 is 1.86 bits per heavy atom. The van der Waals surface area contributed by atoms with Gasteiger partial charge in [0.1, 0.15) is 11.5 Å². The molecule has 4 fully saturated rings. The minimum absolute atomic E-state index is 0.0335. The molecule has 58 heavy (non-hydrogen) atoms. The molecule has 0 saturated heterocycles. The van der Waals surface area contributed by atoms with E-state index in [4.69, 9.17) is 4.74 Å². The van der Waals surface area contributed by atoms with Crippen LogP contribution < -0.4 is 9.64 Å². The Morgan fingerprint density at radius 1 is 0.517 bits per heavy atom. The fraction of sp³-hybridized carbons (Fsp3) is 0.464. The summed E-state index contributed by atoms with van der Waals surface area (Å²) in [6, 6.07) is 40.3. The Bertz CT molecular complexity index is 2550. The zero-order valence-electron chi connectivity index (χ0n) is 36.1. The van der Waals surface area contributed by atoms with Gasteiger partial charge in [-0.15, -0.1) is 0 Å². The van der Waals surface area contributed by atoms with Crippen LogP contribution in [-0.2, 0) is 27.1 Å². The highest BCUT2D eigenvalue weighted by Gasteiger charge is 2.84. The zero-order chi connectivity index (χ0) is 39.8. The molecule has 1 heterocycles. The van der Waals surface area contributed by atoms with Crippen molar-refractivity contribution in [3.8, 4) is 22.6 Å². The molecule has 5 aromatic carbocycles. The number of anilines is 3. The maximum atomic E-state index is 6.92. The van der Waals surface area contributed by atoms with E-state index in [2.05, 4.69) is 163 Å². The van der Waals surface area contributed by atoms with E-state index in [0.29, 0.717) is 17.3 Å². The summed E-state index contributed by atoms with van der Waals surface area (Å²) in [5.74, 6) is 5.44. The second kappa shape index (κ2) is 11.3. The van der Waals surface area contributed by atoms with Crippen LogP contribution in [0.4, 0.5) is 17.1 Å². The van der Waals surface area contributed by atoms with Crippen LogP contribution in [-0.4, -0.2) is 0 Å². The lowest BCUT2D eigenvalue weighted by atomic mass is 9.26. The quantitative estimate of drug-likeness (QED) is 0.181. The molecule has 2 heteroatoms. The van der Waals surface area contributed by atoms with Crippen LogP contribution in [0.5, 0.6) is 11.5 Å². The third-order valence-corrected chi connectivity index (χ3v) is 18.1. The summed E-state index contributed by atoms with van der Waals surface area (Å²) in [6.07, 6.45) is 10.5. The minimum Gasteiger partial charge on any atom is -0.457 e. The number of para-hydroxylation sites is 1. The molecule has 6 atom stereocenters. The van der Waals surface area contributed by atoms with Crippen molar-refractivity contribution in [2.75, 3.05) is 4.90 Å². The lowest BCUT2D eigenvalue weighted by Gasteiger charge is -2.77. The standard InChI is InChI=1S/C56H61NO/c1-51(2)25-27-53(5,6)49-39(13-11-15-41(49)51)35-19-21-37(22-20-35)57(44-17-12-16-42-50(44)54(7,8)28-26-52(42,3)4)38-23-24-46-43(32-38)56(40-14-9-10-18-45(40)58-46)47-30-34-29-36-31-48(56)55(36,47)33-34/h9-24,32,34,36,47-48H,25-31,33H2,1-8H3. The predicted molar refractivity (Wildman–Crippen MR) is 239 cm³/mol. The Kier molecular flexibility index (Phi) is 6.93. The van der Waals surface area contributed by atoms with Crippen LogP contribution in [0, 0.1) is 29.1 Å². The van der Waals surface area contributed by atoms with Crippen LogP contribution in [0.3, 0.4) is 0 Å². The van der Waals surface area contributed by atoms with Crippen LogP contribution >= 0.6 is 0 Å². The smallest absolute Gasteiger partial charge is 0.131 e. The summed E-state index contributed by atoms with van der Waals surface area (Å²) >= 11 is 0. The van der Waals surface area contributed by atoms with E-state index in [1.807, 2.05) is 0 Å². The first-order valence-corrected chi connectivity index (χ1v) is 22.8. The maximum Gasteiger partial charge on any atom is 0.131 e. The molecule has 0 radical (unpaired) electrons. The first-order chi connectivity index (χ1) is 27.7. The number of hydrogen-bond donors (Lipinski definition) is 0. The van der Waals surface area contributed by atoms with Gasteiger partial charge < -0.3 is 9.64 Å². The fourth-order valence-corrected chi connectivity index (χ4v) is 15.3. The fourth-order valence-electron chi connectivity index (χ4n) is 15.3. The summed E-state index contributed by atoms with van der Waals surface area (Å²) in [5, 5.41) is 0. The van der Waals surface area contributed by atoms with Gasteiger partial charge in [-0.25, -0.2) is 0 Å². The van der Waals surface area contributed by atoms with Gasteiger partial charge in [0.2, 0.25) is 0 Å². The van der Waals surface area contributed by atoms with E-state index in [1.54, 1.807) is 0 Å². The highest BCUT2D eigenvalue weighted by Crippen LogP contribution is 2.89. The molecule has 6 aliphatic carbocycles. The van der Waals surface area contributed by atoms with Gasteiger partial charge in [-0.1, -0.05) is 116 Å². The first kappa shape index (κ1) is 35.6. The number of benzene rings is 5. The summed E-state index contributed by atoms with van der Waals surface area (Å²) in [6.45, 7) is 19.7. The van der Waals surface area contributed by atoms with Crippen LogP contribution in [0.15, 0.2) is 103 Å². The van der Waals surface area contributed by atoms with Crippen molar-refractivity contribution in [1.82, 2.24) is 0 Å². The molecule has 12 rings (SSSR count). The second-order valence-corrected chi connectivity index (χ2v) is 22.7.